The number of aromatic amines is 1. The zero-order valence-electron chi connectivity index (χ0n) is 9.03. The van der Waals surface area contributed by atoms with E-state index in [4.69, 9.17) is 5.73 Å². The molecular formula is C10H16N4O. The SMILES string of the molecule is CC(C)c1nc(N2CC(N)C2)cc(=O)[nH]1. The molecule has 5 heteroatoms. The van der Waals surface area contributed by atoms with E-state index < -0.39 is 0 Å². The fraction of sp³-hybridized carbons (Fsp3) is 0.600. The fourth-order valence-electron chi connectivity index (χ4n) is 1.60. The zero-order valence-corrected chi connectivity index (χ0v) is 9.03. The van der Waals surface area contributed by atoms with Crippen molar-refractivity contribution in [1.82, 2.24) is 9.97 Å². The van der Waals surface area contributed by atoms with Crippen molar-refractivity contribution in [2.45, 2.75) is 25.8 Å². The van der Waals surface area contributed by atoms with Crippen LogP contribution >= 0.6 is 0 Å². The number of rotatable bonds is 2. The van der Waals surface area contributed by atoms with E-state index >= 15 is 0 Å². The van der Waals surface area contributed by atoms with Crippen LogP contribution in [0.1, 0.15) is 25.6 Å². The van der Waals surface area contributed by atoms with Crippen LogP contribution in [0.15, 0.2) is 10.9 Å². The quantitative estimate of drug-likeness (QED) is 0.719. The van der Waals surface area contributed by atoms with E-state index in [9.17, 15) is 4.79 Å². The average molecular weight is 208 g/mol. The van der Waals surface area contributed by atoms with Crippen molar-refractivity contribution in [3.8, 4) is 0 Å². The monoisotopic (exact) mass is 208 g/mol. The van der Waals surface area contributed by atoms with Gasteiger partial charge in [-0.1, -0.05) is 13.8 Å². The van der Waals surface area contributed by atoms with Crippen LogP contribution < -0.4 is 16.2 Å². The first kappa shape index (κ1) is 10.2. The average Bonchev–Trinajstić information content (AvgIpc) is 2.12. The summed E-state index contributed by atoms with van der Waals surface area (Å²) in [7, 11) is 0. The molecule has 0 saturated carbocycles. The highest BCUT2D eigenvalue weighted by molar-refractivity contribution is 5.41. The maximum atomic E-state index is 11.4. The van der Waals surface area contributed by atoms with Crippen LogP contribution in [-0.2, 0) is 0 Å². The molecule has 1 aromatic heterocycles. The first-order valence-corrected chi connectivity index (χ1v) is 5.18. The molecule has 2 heterocycles. The number of nitrogens with two attached hydrogens (primary N) is 1. The Balaban J connectivity index is 2.28. The minimum Gasteiger partial charge on any atom is -0.353 e. The lowest BCUT2D eigenvalue weighted by Crippen LogP contribution is -2.56. The summed E-state index contributed by atoms with van der Waals surface area (Å²) in [6, 6.07) is 1.74. The summed E-state index contributed by atoms with van der Waals surface area (Å²) >= 11 is 0. The lowest BCUT2D eigenvalue weighted by atomic mass is 10.1. The number of nitrogens with zero attached hydrogens (tertiary/aromatic N) is 2. The van der Waals surface area contributed by atoms with Crippen molar-refractivity contribution in [1.29, 1.82) is 0 Å². The topological polar surface area (TPSA) is 75.0 Å². The molecule has 1 saturated heterocycles. The molecule has 0 aromatic carbocycles. The number of aromatic nitrogens is 2. The van der Waals surface area contributed by atoms with Crippen LogP contribution in [0.3, 0.4) is 0 Å². The van der Waals surface area contributed by atoms with E-state index in [0.29, 0.717) is 0 Å². The summed E-state index contributed by atoms with van der Waals surface area (Å²) in [5, 5.41) is 0. The molecule has 1 fully saturated rings. The predicted molar refractivity (Wildman–Crippen MR) is 59.1 cm³/mol. The summed E-state index contributed by atoms with van der Waals surface area (Å²) < 4.78 is 0. The Morgan fingerprint density at radius 3 is 2.80 bits per heavy atom. The highest BCUT2D eigenvalue weighted by Gasteiger charge is 2.24. The van der Waals surface area contributed by atoms with E-state index in [-0.39, 0.29) is 17.5 Å². The minimum absolute atomic E-state index is 0.0934. The van der Waals surface area contributed by atoms with Crippen molar-refractivity contribution in [3.05, 3.63) is 22.2 Å². The zero-order chi connectivity index (χ0) is 11.0. The second-order valence-corrected chi connectivity index (χ2v) is 4.31. The van der Waals surface area contributed by atoms with Gasteiger partial charge in [0, 0.05) is 31.1 Å². The molecule has 0 amide bonds. The van der Waals surface area contributed by atoms with Crippen LogP contribution in [0, 0.1) is 0 Å². The van der Waals surface area contributed by atoms with Crippen molar-refractivity contribution < 1.29 is 0 Å². The molecule has 0 bridgehead atoms. The Labute approximate surface area is 88.3 Å². The van der Waals surface area contributed by atoms with Gasteiger partial charge in [0.2, 0.25) is 0 Å². The summed E-state index contributed by atoms with van der Waals surface area (Å²) in [5.41, 5.74) is 5.59. The molecule has 0 radical (unpaired) electrons. The third-order valence-corrected chi connectivity index (χ3v) is 2.53. The van der Waals surface area contributed by atoms with E-state index in [0.717, 1.165) is 24.7 Å². The van der Waals surface area contributed by atoms with Crippen LogP contribution in [0.4, 0.5) is 5.82 Å². The van der Waals surface area contributed by atoms with Gasteiger partial charge in [0.1, 0.15) is 11.6 Å². The highest BCUT2D eigenvalue weighted by atomic mass is 16.1. The molecular weight excluding hydrogens is 192 g/mol. The molecule has 0 unspecified atom stereocenters. The standard InChI is InChI=1S/C10H16N4O/c1-6(2)10-12-8(3-9(15)13-10)14-4-7(11)5-14/h3,6-7H,4-5,11H2,1-2H3,(H,12,13,15). The van der Waals surface area contributed by atoms with Crippen molar-refractivity contribution in [3.63, 3.8) is 0 Å². The van der Waals surface area contributed by atoms with Gasteiger partial charge in [-0.3, -0.25) is 4.79 Å². The molecule has 0 atom stereocenters. The van der Waals surface area contributed by atoms with Crippen molar-refractivity contribution in [2.24, 2.45) is 5.73 Å². The second-order valence-electron chi connectivity index (χ2n) is 4.31. The molecule has 5 nitrogen and oxygen atoms in total. The van der Waals surface area contributed by atoms with Gasteiger partial charge in [0.15, 0.2) is 0 Å². The van der Waals surface area contributed by atoms with Crippen LogP contribution in [0.2, 0.25) is 0 Å². The van der Waals surface area contributed by atoms with Crippen molar-refractivity contribution >= 4 is 5.82 Å². The molecule has 0 aliphatic carbocycles. The van der Waals surface area contributed by atoms with E-state index in [1.54, 1.807) is 0 Å². The first-order chi connectivity index (χ1) is 7.06. The van der Waals surface area contributed by atoms with Crippen LogP contribution in [-0.4, -0.2) is 29.1 Å². The number of anilines is 1. The lowest BCUT2D eigenvalue weighted by molar-refractivity contribution is 0.512. The molecule has 0 spiro atoms. The predicted octanol–water partition coefficient (Wildman–Crippen LogP) is 0.0406. The molecule has 2 rings (SSSR count). The van der Waals surface area contributed by atoms with Crippen molar-refractivity contribution in [2.75, 3.05) is 18.0 Å². The molecule has 15 heavy (non-hydrogen) atoms. The summed E-state index contributed by atoms with van der Waals surface area (Å²) in [5.74, 6) is 1.70. The van der Waals surface area contributed by atoms with Gasteiger partial charge in [-0.05, 0) is 0 Å². The van der Waals surface area contributed by atoms with Gasteiger partial charge in [-0.15, -0.1) is 0 Å². The summed E-state index contributed by atoms with van der Waals surface area (Å²) in [6.07, 6.45) is 0. The van der Waals surface area contributed by atoms with Crippen LogP contribution in [0.25, 0.3) is 0 Å². The van der Waals surface area contributed by atoms with Gasteiger partial charge in [-0.2, -0.15) is 0 Å². The van der Waals surface area contributed by atoms with Crippen LogP contribution in [0.5, 0.6) is 0 Å². The fourth-order valence-corrected chi connectivity index (χ4v) is 1.60. The number of H-pyrrole nitrogens is 1. The first-order valence-electron chi connectivity index (χ1n) is 5.18. The Morgan fingerprint density at radius 2 is 2.27 bits per heavy atom. The maximum Gasteiger partial charge on any atom is 0.252 e. The maximum absolute atomic E-state index is 11.4. The second kappa shape index (κ2) is 3.66. The summed E-state index contributed by atoms with van der Waals surface area (Å²) in [4.78, 5) is 20.5. The normalized spacial score (nSPS) is 16.9. The van der Waals surface area contributed by atoms with Gasteiger partial charge in [-0.25, -0.2) is 4.98 Å². The molecule has 1 aromatic rings. The minimum atomic E-state index is -0.0934. The third kappa shape index (κ3) is 2.02. The highest BCUT2D eigenvalue weighted by Crippen LogP contribution is 2.17. The van der Waals surface area contributed by atoms with Gasteiger partial charge in [0.05, 0.1) is 0 Å². The van der Waals surface area contributed by atoms with Gasteiger partial charge >= 0.3 is 0 Å². The Morgan fingerprint density at radius 1 is 1.60 bits per heavy atom. The molecule has 3 N–H and O–H groups in total. The molecule has 1 aliphatic heterocycles. The number of hydrogen-bond acceptors (Lipinski definition) is 4. The lowest BCUT2D eigenvalue weighted by Gasteiger charge is -2.37. The van der Waals surface area contributed by atoms with E-state index in [1.165, 1.54) is 6.07 Å². The number of hydrogen-bond donors (Lipinski definition) is 2. The Hall–Kier alpha value is -1.36. The van der Waals surface area contributed by atoms with Gasteiger partial charge < -0.3 is 15.6 Å². The molecule has 1 aliphatic rings. The number of nitrogens with one attached hydrogen (secondary N) is 1. The third-order valence-electron chi connectivity index (χ3n) is 2.53. The van der Waals surface area contributed by atoms with E-state index in [1.807, 2.05) is 18.7 Å². The summed E-state index contributed by atoms with van der Waals surface area (Å²) in [6.45, 7) is 5.58. The smallest absolute Gasteiger partial charge is 0.252 e. The Bertz CT molecular complexity index is 406. The molecule has 82 valence electrons. The Kier molecular flexibility index (Phi) is 2.48. The largest absolute Gasteiger partial charge is 0.353 e. The van der Waals surface area contributed by atoms with E-state index in [2.05, 4.69) is 9.97 Å². The van der Waals surface area contributed by atoms with Gasteiger partial charge in [0.25, 0.3) is 5.56 Å².